The van der Waals surface area contributed by atoms with E-state index in [4.69, 9.17) is 0 Å². The quantitative estimate of drug-likeness (QED) is 0.730. The number of nitrogens with zero attached hydrogens (tertiary/aromatic N) is 5. The summed E-state index contributed by atoms with van der Waals surface area (Å²) in [6, 6.07) is 13.4. The predicted molar refractivity (Wildman–Crippen MR) is 99.8 cm³/mol. The normalized spacial score (nSPS) is 14.3. The van der Waals surface area contributed by atoms with Crippen LogP contribution in [0.4, 0.5) is 5.95 Å². The minimum absolute atomic E-state index is 0.0661. The number of amides is 1. The summed E-state index contributed by atoms with van der Waals surface area (Å²) in [4.78, 5) is 29.4. The van der Waals surface area contributed by atoms with Gasteiger partial charge in [0, 0.05) is 56.5 Å². The number of piperazine rings is 1. The summed E-state index contributed by atoms with van der Waals surface area (Å²) in [7, 11) is 0. The van der Waals surface area contributed by atoms with Crippen LogP contribution in [-0.4, -0.2) is 51.9 Å². The highest BCUT2D eigenvalue weighted by atomic mass is 16.2. The maximum atomic E-state index is 12.8. The van der Waals surface area contributed by atoms with Crippen molar-refractivity contribution in [2.45, 2.75) is 0 Å². The number of rotatable bonds is 3. The highest BCUT2D eigenvalue weighted by Crippen LogP contribution is 2.19. The molecule has 0 aliphatic carbocycles. The van der Waals surface area contributed by atoms with Gasteiger partial charge in [-0.05, 0) is 35.4 Å². The van der Waals surface area contributed by atoms with Gasteiger partial charge in [0.15, 0.2) is 0 Å². The van der Waals surface area contributed by atoms with Crippen LogP contribution in [0.25, 0.3) is 11.1 Å². The molecule has 0 N–H and O–H groups in total. The molecule has 1 aliphatic heterocycles. The molecular formula is C20H19N5O. The SMILES string of the molecule is O=C(c1ccc(-c2cccnc2)cc1)N1CCN(c2ncccn2)CC1. The van der Waals surface area contributed by atoms with E-state index in [-0.39, 0.29) is 5.91 Å². The Hall–Kier alpha value is -3.28. The van der Waals surface area contributed by atoms with Crippen molar-refractivity contribution in [2.75, 3.05) is 31.1 Å². The van der Waals surface area contributed by atoms with Crippen LogP contribution in [0.2, 0.25) is 0 Å². The fraction of sp³-hybridized carbons (Fsp3) is 0.200. The summed E-state index contributed by atoms with van der Waals surface area (Å²) >= 11 is 0. The molecule has 1 saturated heterocycles. The lowest BCUT2D eigenvalue weighted by Crippen LogP contribution is -2.49. The van der Waals surface area contributed by atoms with Gasteiger partial charge in [-0.25, -0.2) is 9.97 Å². The van der Waals surface area contributed by atoms with Crippen LogP contribution >= 0.6 is 0 Å². The van der Waals surface area contributed by atoms with E-state index in [9.17, 15) is 4.79 Å². The van der Waals surface area contributed by atoms with Gasteiger partial charge in [0.1, 0.15) is 0 Å². The van der Waals surface area contributed by atoms with Crippen molar-refractivity contribution in [2.24, 2.45) is 0 Å². The van der Waals surface area contributed by atoms with E-state index in [2.05, 4.69) is 19.9 Å². The van der Waals surface area contributed by atoms with E-state index < -0.39 is 0 Å². The second-order valence-corrected chi connectivity index (χ2v) is 6.15. The van der Waals surface area contributed by atoms with E-state index in [1.165, 1.54) is 0 Å². The zero-order chi connectivity index (χ0) is 17.8. The van der Waals surface area contributed by atoms with Gasteiger partial charge in [0.05, 0.1) is 0 Å². The van der Waals surface area contributed by atoms with Crippen molar-refractivity contribution in [1.29, 1.82) is 0 Å². The molecule has 0 atom stereocenters. The number of benzene rings is 1. The van der Waals surface area contributed by atoms with Crippen molar-refractivity contribution in [3.8, 4) is 11.1 Å². The first-order chi connectivity index (χ1) is 12.8. The smallest absolute Gasteiger partial charge is 0.253 e. The Morgan fingerprint density at radius 2 is 1.54 bits per heavy atom. The summed E-state index contributed by atoms with van der Waals surface area (Å²) in [5.74, 6) is 0.789. The van der Waals surface area contributed by atoms with E-state index >= 15 is 0 Å². The van der Waals surface area contributed by atoms with Gasteiger partial charge >= 0.3 is 0 Å². The molecule has 1 aliphatic rings. The molecule has 6 nitrogen and oxygen atoms in total. The number of hydrogen-bond donors (Lipinski definition) is 0. The molecule has 4 rings (SSSR count). The monoisotopic (exact) mass is 345 g/mol. The van der Waals surface area contributed by atoms with Gasteiger partial charge < -0.3 is 9.80 Å². The molecule has 0 spiro atoms. The van der Waals surface area contributed by atoms with Crippen molar-refractivity contribution in [3.63, 3.8) is 0 Å². The molecule has 2 aromatic heterocycles. The van der Waals surface area contributed by atoms with Crippen LogP contribution in [0.1, 0.15) is 10.4 Å². The van der Waals surface area contributed by atoms with Gasteiger partial charge in [-0.2, -0.15) is 0 Å². The van der Waals surface area contributed by atoms with Gasteiger partial charge in [-0.15, -0.1) is 0 Å². The van der Waals surface area contributed by atoms with Crippen LogP contribution in [0, 0.1) is 0 Å². The summed E-state index contributed by atoms with van der Waals surface area (Å²) in [5.41, 5.74) is 2.81. The first-order valence-electron chi connectivity index (χ1n) is 8.63. The van der Waals surface area contributed by atoms with Gasteiger partial charge in [-0.3, -0.25) is 9.78 Å². The third kappa shape index (κ3) is 3.39. The Balaban J connectivity index is 1.41. The Kier molecular flexibility index (Phi) is 4.55. The van der Waals surface area contributed by atoms with Crippen molar-refractivity contribution < 1.29 is 4.79 Å². The van der Waals surface area contributed by atoms with Gasteiger partial charge in [-0.1, -0.05) is 18.2 Å². The van der Waals surface area contributed by atoms with Gasteiger partial charge in [0.2, 0.25) is 5.95 Å². The fourth-order valence-corrected chi connectivity index (χ4v) is 3.09. The summed E-state index contributed by atoms with van der Waals surface area (Å²) in [5, 5.41) is 0. The first-order valence-corrected chi connectivity index (χ1v) is 8.63. The number of pyridine rings is 1. The summed E-state index contributed by atoms with van der Waals surface area (Å²) in [6.07, 6.45) is 7.05. The average Bonchev–Trinajstić information content (AvgIpc) is 2.75. The number of aromatic nitrogens is 3. The molecule has 26 heavy (non-hydrogen) atoms. The van der Waals surface area contributed by atoms with Crippen LogP contribution < -0.4 is 4.90 Å². The van der Waals surface area contributed by atoms with E-state index in [1.54, 1.807) is 24.7 Å². The van der Waals surface area contributed by atoms with Crippen LogP contribution in [-0.2, 0) is 0 Å². The van der Waals surface area contributed by atoms with Crippen LogP contribution in [0.15, 0.2) is 67.3 Å². The highest BCUT2D eigenvalue weighted by molar-refractivity contribution is 5.94. The average molecular weight is 345 g/mol. The molecule has 0 unspecified atom stereocenters. The number of anilines is 1. The van der Waals surface area contributed by atoms with Crippen LogP contribution in [0.3, 0.4) is 0 Å². The molecule has 1 amide bonds. The molecule has 0 bridgehead atoms. The lowest BCUT2D eigenvalue weighted by atomic mass is 10.0. The van der Waals surface area contributed by atoms with Crippen molar-refractivity contribution in [3.05, 3.63) is 72.8 Å². The number of carbonyl (C=O) groups is 1. The predicted octanol–water partition coefficient (Wildman–Crippen LogP) is 2.50. The van der Waals surface area contributed by atoms with Crippen molar-refractivity contribution in [1.82, 2.24) is 19.9 Å². The fourth-order valence-electron chi connectivity index (χ4n) is 3.09. The maximum absolute atomic E-state index is 12.8. The molecule has 6 heteroatoms. The second-order valence-electron chi connectivity index (χ2n) is 6.15. The minimum atomic E-state index is 0.0661. The lowest BCUT2D eigenvalue weighted by molar-refractivity contribution is 0.0746. The lowest BCUT2D eigenvalue weighted by Gasteiger charge is -2.34. The van der Waals surface area contributed by atoms with E-state index in [0.717, 1.165) is 30.2 Å². The topological polar surface area (TPSA) is 62.2 Å². The molecule has 0 radical (unpaired) electrons. The molecule has 0 saturated carbocycles. The van der Waals surface area contributed by atoms with E-state index in [0.29, 0.717) is 18.7 Å². The molecule has 130 valence electrons. The Bertz CT molecular complexity index is 860. The summed E-state index contributed by atoms with van der Waals surface area (Å²) in [6.45, 7) is 2.82. The molecule has 3 heterocycles. The molecule has 1 aromatic carbocycles. The zero-order valence-corrected chi connectivity index (χ0v) is 14.3. The minimum Gasteiger partial charge on any atom is -0.337 e. The largest absolute Gasteiger partial charge is 0.337 e. The first kappa shape index (κ1) is 16.2. The third-order valence-electron chi connectivity index (χ3n) is 4.53. The highest BCUT2D eigenvalue weighted by Gasteiger charge is 2.23. The Labute approximate surface area is 152 Å². The molecule has 1 fully saturated rings. The Morgan fingerprint density at radius 1 is 0.808 bits per heavy atom. The zero-order valence-electron chi connectivity index (χ0n) is 14.3. The van der Waals surface area contributed by atoms with E-state index in [1.807, 2.05) is 47.5 Å². The summed E-state index contributed by atoms with van der Waals surface area (Å²) < 4.78 is 0. The number of hydrogen-bond acceptors (Lipinski definition) is 5. The molecule has 3 aromatic rings. The van der Waals surface area contributed by atoms with Gasteiger partial charge in [0.25, 0.3) is 5.91 Å². The maximum Gasteiger partial charge on any atom is 0.253 e. The second kappa shape index (κ2) is 7.31. The molecular weight excluding hydrogens is 326 g/mol. The Morgan fingerprint density at radius 3 is 2.19 bits per heavy atom. The van der Waals surface area contributed by atoms with Crippen molar-refractivity contribution >= 4 is 11.9 Å². The van der Waals surface area contributed by atoms with Crippen LogP contribution in [0.5, 0.6) is 0 Å². The standard InChI is InChI=1S/C20H19N5O/c26-19(17-6-4-16(5-7-17)18-3-1-8-21-15-18)24-11-13-25(14-12-24)20-22-9-2-10-23-20/h1-10,15H,11-14H2. The third-order valence-corrected chi connectivity index (χ3v) is 4.53. The number of carbonyl (C=O) groups excluding carboxylic acids is 1.